The molecule has 102 valence electrons. The molecule has 1 rings (SSSR count). The molecule has 0 aromatic heterocycles. The van der Waals surface area contributed by atoms with Crippen molar-refractivity contribution in [2.75, 3.05) is 32.7 Å². The summed E-state index contributed by atoms with van der Waals surface area (Å²) in [7, 11) is 0. The highest BCUT2D eigenvalue weighted by Crippen LogP contribution is 2.14. The average Bonchev–Trinajstić information content (AvgIpc) is 2.31. The van der Waals surface area contributed by atoms with Crippen molar-refractivity contribution < 1.29 is 0 Å². The molecule has 2 unspecified atom stereocenters. The van der Waals surface area contributed by atoms with Crippen molar-refractivity contribution >= 4 is 0 Å². The minimum absolute atomic E-state index is 0.864. The van der Waals surface area contributed by atoms with Crippen molar-refractivity contribution in [3.05, 3.63) is 0 Å². The van der Waals surface area contributed by atoms with E-state index in [-0.39, 0.29) is 0 Å². The van der Waals surface area contributed by atoms with Crippen LogP contribution in [0.25, 0.3) is 0 Å². The van der Waals surface area contributed by atoms with Crippen molar-refractivity contribution in [2.24, 2.45) is 11.8 Å². The molecule has 1 N–H and O–H groups in total. The van der Waals surface area contributed by atoms with Crippen molar-refractivity contribution in [1.82, 2.24) is 10.2 Å². The normalized spacial score (nSPS) is 22.9. The molecule has 1 aliphatic heterocycles. The topological polar surface area (TPSA) is 15.3 Å². The molecular weight excluding hydrogens is 208 g/mol. The molecule has 1 heterocycles. The fraction of sp³-hybridized carbons (Fsp3) is 1.00. The van der Waals surface area contributed by atoms with Crippen LogP contribution in [0.15, 0.2) is 0 Å². The second kappa shape index (κ2) is 8.93. The van der Waals surface area contributed by atoms with E-state index >= 15 is 0 Å². The molecule has 0 bridgehead atoms. The summed E-state index contributed by atoms with van der Waals surface area (Å²) >= 11 is 0. The molecule has 0 spiro atoms. The van der Waals surface area contributed by atoms with Crippen LogP contribution in [0.2, 0.25) is 0 Å². The van der Waals surface area contributed by atoms with Gasteiger partial charge in [0.2, 0.25) is 0 Å². The fourth-order valence-corrected chi connectivity index (χ4v) is 3.04. The number of nitrogens with one attached hydrogen (secondary N) is 1. The highest BCUT2D eigenvalue weighted by Gasteiger charge is 2.17. The monoisotopic (exact) mass is 240 g/mol. The molecule has 1 aliphatic rings. The summed E-state index contributed by atoms with van der Waals surface area (Å²) in [6, 6.07) is 0. The molecule has 2 heteroatoms. The number of piperidine rings is 1. The number of hydrogen-bond donors (Lipinski definition) is 1. The molecule has 0 aromatic rings. The van der Waals surface area contributed by atoms with Crippen LogP contribution in [-0.2, 0) is 0 Å². The molecule has 2 nitrogen and oxygen atoms in total. The second-order valence-electron chi connectivity index (χ2n) is 5.87. The number of hydrogen-bond acceptors (Lipinski definition) is 2. The molecule has 0 radical (unpaired) electrons. The van der Waals surface area contributed by atoms with Gasteiger partial charge in [-0.25, -0.2) is 0 Å². The summed E-state index contributed by atoms with van der Waals surface area (Å²) in [5.41, 5.74) is 0. The molecule has 2 atom stereocenters. The predicted octanol–water partition coefficient (Wildman–Crippen LogP) is 3.13. The van der Waals surface area contributed by atoms with E-state index in [9.17, 15) is 0 Å². The van der Waals surface area contributed by atoms with Gasteiger partial charge in [-0.2, -0.15) is 0 Å². The maximum atomic E-state index is 3.53. The predicted molar refractivity (Wildman–Crippen MR) is 76.4 cm³/mol. The fourth-order valence-electron chi connectivity index (χ4n) is 3.04. The van der Waals surface area contributed by atoms with Crippen LogP contribution in [0.4, 0.5) is 0 Å². The van der Waals surface area contributed by atoms with Gasteiger partial charge in [0.25, 0.3) is 0 Å². The Morgan fingerprint density at radius 1 is 1.29 bits per heavy atom. The van der Waals surface area contributed by atoms with E-state index in [0.717, 1.165) is 11.8 Å². The Morgan fingerprint density at radius 3 is 2.71 bits per heavy atom. The van der Waals surface area contributed by atoms with E-state index in [0.29, 0.717) is 0 Å². The number of rotatable bonds is 8. The van der Waals surface area contributed by atoms with Gasteiger partial charge in [0.1, 0.15) is 0 Å². The number of nitrogens with zero attached hydrogens (tertiary/aromatic N) is 1. The Labute approximate surface area is 108 Å². The van der Waals surface area contributed by atoms with Crippen LogP contribution >= 0.6 is 0 Å². The zero-order valence-electron chi connectivity index (χ0n) is 12.2. The largest absolute Gasteiger partial charge is 0.316 e. The van der Waals surface area contributed by atoms with E-state index in [2.05, 4.69) is 31.0 Å². The molecule has 0 amide bonds. The van der Waals surface area contributed by atoms with E-state index in [1.165, 1.54) is 64.8 Å². The van der Waals surface area contributed by atoms with E-state index < -0.39 is 0 Å². The van der Waals surface area contributed by atoms with Gasteiger partial charge >= 0.3 is 0 Å². The first kappa shape index (κ1) is 15.0. The lowest BCUT2D eigenvalue weighted by molar-refractivity contribution is 0.182. The molecule has 17 heavy (non-hydrogen) atoms. The minimum Gasteiger partial charge on any atom is -0.316 e. The second-order valence-corrected chi connectivity index (χ2v) is 5.87. The Hall–Kier alpha value is -0.0800. The maximum absolute atomic E-state index is 3.53. The quantitative estimate of drug-likeness (QED) is 0.701. The van der Waals surface area contributed by atoms with Crippen LogP contribution in [0.5, 0.6) is 0 Å². The first-order chi connectivity index (χ1) is 8.26. The average molecular weight is 240 g/mol. The molecule has 1 fully saturated rings. The van der Waals surface area contributed by atoms with E-state index in [1.807, 2.05) is 0 Å². The Kier molecular flexibility index (Phi) is 7.87. The maximum Gasteiger partial charge on any atom is 0.00219 e. The van der Waals surface area contributed by atoms with Gasteiger partial charge in [0.15, 0.2) is 0 Å². The third-order valence-corrected chi connectivity index (χ3v) is 3.81. The lowest BCUT2D eigenvalue weighted by Gasteiger charge is -2.31. The van der Waals surface area contributed by atoms with Gasteiger partial charge in [0.05, 0.1) is 0 Å². The summed E-state index contributed by atoms with van der Waals surface area (Å²) in [6.07, 6.45) is 6.79. The highest BCUT2D eigenvalue weighted by atomic mass is 15.1. The van der Waals surface area contributed by atoms with Crippen molar-refractivity contribution in [1.29, 1.82) is 0 Å². The summed E-state index contributed by atoms with van der Waals surface area (Å²) in [5.74, 6) is 1.76. The molecule has 0 saturated carbocycles. The standard InChI is InChI=1S/C15H32N2/c1-4-7-14(3)12-17(10-5-2)13-15-8-6-9-16-11-15/h14-16H,4-13H2,1-3H3. The zero-order valence-corrected chi connectivity index (χ0v) is 12.2. The summed E-state index contributed by atoms with van der Waals surface area (Å²) in [4.78, 5) is 2.71. The summed E-state index contributed by atoms with van der Waals surface area (Å²) in [5, 5.41) is 3.53. The van der Waals surface area contributed by atoms with Crippen LogP contribution in [-0.4, -0.2) is 37.6 Å². The molecular formula is C15H32N2. The smallest absolute Gasteiger partial charge is 0.00219 e. The van der Waals surface area contributed by atoms with Gasteiger partial charge < -0.3 is 10.2 Å². The Bertz CT molecular complexity index is 176. The van der Waals surface area contributed by atoms with Crippen molar-refractivity contribution in [3.8, 4) is 0 Å². The van der Waals surface area contributed by atoms with Crippen LogP contribution in [0.3, 0.4) is 0 Å². The van der Waals surface area contributed by atoms with Gasteiger partial charge in [-0.3, -0.25) is 0 Å². The van der Waals surface area contributed by atoms with Crippen molar-refractivity contribution in [2.45, 2.75) is 52.9 Å². The first-order valence-electron chi connectivity index (χ1n) is 7.69. The Morgan fingerprint density at radius 2 is 2.12 bits per heavy atom. The van der Waals surface area contributed by atoms with E-state index in [1.54, 1.807) is 0 Å². The SMILES string of the molecule is CCCC(C)CN(CCC)CC1CCCNC1. The summed E-state index contributed by atoms with van der Waals surface area (Å²) in [6.45, 7) is 13.4. The minimum atomic E-state index is 0.864. The van der Waals surface area contributed by atoms with Gasteiger partial charge in [-0.05, 0) is 57.2 Å². The first-order valence-corrected chi connectivity index (χ1v) is 7.69. The van der Waals surface area contributed by atoms with E-state index in [4.69, 9.17) is 0 Å². The lowest BCUT2D eigenvalue weighted by atomic mass is 9.98. The molecule has 0 aliphatic carbocycles. The van der Waals surface area contributed by atoms with Gasteiger partial charge in [-0.1, -0.05) is 27.2 Å². The van der Waals surface area contributed by atoms with Crippen LogP contribution < -0.4 is 5.32 Å². The highest BCUT2D eigenvalue weighted by molar-refractivity contribution is 4.74. The summed E-state index contributed by atoms with van der Waals surface area (Å²) < 4.78 is 0. The molecule has 0 aromatic carbocycles. The van der Waals surface area contributed by atoms with Gasteiger partial charge in [0, 0.05) is 13.1 Å². The molecule has 1 saturated heterocycles. The lowest BCUT2D eigenvalue weighted by Crippen LogP contribution is -2.40. The zero-order chi connectivity index (χ0) is 12.5. The van der Waals surface area contributed by atoms with Crippen LogP contribution in [0.1, 0.15) is 52.9 Å². The third-order valence-electron chi connectivity index (χ3n) is 3.81. The third kappa shape index (κ3) is 6.42. The van der Waals surface area contributed by atoms with Crippen LogP contribution in [0, 0.1) is 11.8 Å². The van der Waals surface area contributed by atoms with Crippen molar-refractivity contribution in [3.63, 3.8) is 0 Å². The van der Waals surface area contributed by atoms with Gasteiger partial charge in [-0.15, -0.1) is 0 Å². The Balaban J connectivity index is 2.30.